The molecule has 7 nitrogen and oxygen atoms in total. The maximum atomic E-state index is 12.1. The van der Waals surface area contributed by atoms with Gasteiger partial charge in [0.25, 0.3) is 5.89 Å². The molecule has 3 aromatic rings. The molecular weight excluding hydrogens is 354 g/mol. The topological polar surface area (TPSA) is 94.3 Å². The zero-order valence-electron chi connectivity index (χ0n) is 14.3. The van der Waals surface area contributed by atoms with Crippen molar-refractivity contribution in [3.05, 3.63) is 66.1 Å². The minimum absolute atomic E-state index is 0.0653. The average Bonchev–Trinajstić information content (AvgIpc) is 3.10. The Hall–Kier alpha value is -2.71. The predicted octanol–water partition coefficient (Wildman–Crippen LogP) is 2.41. The molecule has 2 aromatic carbocycles. The summed E-state index contributed by atoms with van der Waals surface area (Å²) in [4.78, 5) is 0. The molecule has 0 radical (unpaired) electrons. The summed E-state index contributed by atoms with van der Waals surface area (Å²) in [6, 6.07) is 16.3. The van der Waals surface area contributed by atoms with Gasteiger partial charge in [-0.25, -0.2) is 13.1 Å². The van der Waals surface area contributed by atoms with E-state index in [-0.39, 0.29) is 12.3 Å². The van der Waals surface area contributed by atoms with Gasteiger partial charge in [0.05, 0.1) is 18.4 Å². The standard InChI is InChI=1S/C18H19N3O4S/c1-24-16-10-6-5-9-15(16)18-21-20-17(25-18)11-12-19-26(22,23)13-14-7-3-2-4-8-14/h2-10,19H,11-13H2,1H3. The molecule has 1 aromatic heterocycles. The first-order chi connectivity index (χ1) is 12.6. The van der Waals surface area contributed by atoms with E-state index in [2.05, 4.69) is 14.9 Å². The fraction of sp³-hybridized carbons (Fsp3) is 0.222. The Balaban J connectivity index is 1.58. The quantitative estimate of drug-likeness (QED) is 0.652. The summed E-state index contributed by atoms with van der Waals surface area (Å²) in [5.41, 5.74) is 1.43. The molecule has 136 valence electrons. The fourth-order valence-electron chi connectivity index (χ4n) is 2.44. The third-order valence-electron chi connectivity index (χ3n) is 3.66. The van der Waals surface area contributed by atoms with Crippen molar-refractivity contribution in [3.8, 4) is 17.2 Å². The van der Waals surface area contributed by atoms with Gasteiger partial charge in [0, 0.05) is 13.0 Å². The van der Waals surface area contributed by atoms with Crippen molar-refractivity contribution in [1.82, 2.24) is 14.9 Å². The first-order valence-corrected chi connectivity index (χ1v) is 9.69. The van der Waals surface area contributed by atoms with Crippen molar-refractivity contribution in [2.45, 2.75) is 12.2 Å². The molecule has 0 unspecified atom stereocenters. The second kappa shape index (κ2) is 8.11. The van der Waals surface area contributed by atoms with Gasteiger partial charge in [-0.3, -0.25) is 0 Å². The number of nitrogens with one attached hydrogen (secondary N) is 1. The largest absolute Gasteiger partial charge is 0.496 e. The third kappa shape index (κ3) is 4.68. The van der Waals surface area contributed by atoms with Gasteiger partial charge in [-0.15, -0.1) is 10.2 Å². The molecule has 0 saturated heterocycles. The Morgan fingerprint density at radius 1 is 1.04 bits per heavy atom. The summed E-state index contributed by atoms with van der Waals surface area (Å²) >= 11 is 0. The minimum Gasteiger partial charge on any atom is -0.496 e. The molecule has 3 rings (SSSR count). The number of aromatic nitrogens is 2. The van der Waals surface area contributed by atoms with E-state index in [1.54, 1.807) is 25.3 Å². The molecule has 8 heteroatoms. The summed E-state index contributed by atoms with van der Waals surface area (Å²) in [7, 11) is -1.85. The Morgan fingerprint density at radius 2 is 1.77 bits per heavy atom. The molecule has 0 spiro atoms. The molecule has 0 amide bonds. The smallest absolute Gasteiger partial charge is 0.251 e. The molecule has 0 saturated carbocycles. The van der Waals surface area contributed by atoms with Crippen LogP contribution in [0.1, 0.15) is 11.5 Å². The Labute approximate surface area is 152 Å². The van der Waals surface area contributed by atoms with E-state index in [1.165, 1.54) is 0 Å². The predicted molar refractivity (Wildman–Crippen MR) is 97.1 cm³/mol. The van der Waals surface area contributed by atoms with Crippen LogP contribution in [0.4, 0.5) is 0 Å². The van der Waals surface area contributed by atoms with Crippen LogP contribution in [-0.4, -0.2) is 32.3 Å². The van der Waals surface area contributed by atoms with E-state index in [4.69, 9.17) is 9.15 Å². The summed E-state index contributed by atoms with van der Waals surface area (Å²) in [6.07, 6.45) is 0.302. The van der Waals surface area contributed by atoms with Crippen molar-refractivity contribution in [3.63, 3.8) is 0 Å². The summed E-state index contributed by atoms with van der Waals surface area (Å²) in [5.74, 6) is 1.26. The molecule has 1 N–H and O–H groups in total. The number of benzene rings is 2. The van der Waals surface area contributed by atoms with Crippen molar-refractivity contribution in [2.24, 2.45) is 0 Å². The van der Waals surface area contributed by atoms with Crippen LogP contribution in [-0.2, 0) is 22.2 Å². The maximum Gasteiger partial charge on any atom is 0.251 e. The molecule has 0 bridgehead atoms. The lowest BCUT2D eigenvalue weighted by molar-refractivity contribution is 0.413. The Bertz CT molecular complexity index is 955. The minimum atomic E-state index is -3.42. The van der Waals surface area contributed by atoms with Gasteiger partial charge in [0.1, 0.15) is 5.75 Å². The third-order valence-corrected chi connectivity index (χ3v) is 5.02. The molecule has 26 heavy (non-hydrogen) atoms. The lowest BCUT2D eigenvalue weighted by atomic mass is 10.2. The van der Waals surface area contributed by atoms with E-state index >= 15 is 0 Å². The molecule has 0 aliphatic heterocycles. The van der Waals surface area contributed by atoms with Crippen molar-refractivity contribution >= 4 is 10.0 Å². The summed E-state index contributed by atoms with van der Waals surface area (Å²) in [5, 5.41) is 7.97. The highest BCUT2D eigenvalue weighted by Gasteiger charge is 2.14. The number of ether oxygens (including phenoxy) is 1. The normalized spacial score (nSPS) is 11.4. The summed E-state index contributed by atoms with van der Waals surface area (Å²) < 4.78 is 37.6. The van der Waals surface area contributed by atoms with Crippen LogP contribution in [0.5, 0.6) is 5.75 Å². The SMILES string of the molecule is COc1ccccc1-c1nnc(CCNS(=O)(=O)Cc2ccccc2)o1. The van der Waals surface area contributed by atoms with Crippen LogP contribution in [0.3, 0.4) is 0 Å². The van der Waals surface area contributed by atoms with E-state index in [9.17, 15) is 8.42 Å². The lowest BCUT2D eigenvalue weighted by Gasteiger charge is -2.05. The highest BCUT2D eigenvalue weighted by molar-refractivity contribution is 7.88. The number of sulfonamides is 1. The highest BCUT2D eigenvalue weighted by Crippen LogP contribution is 2.28. The van der Waals surface area contributed by atoms with Crippen molar-refractivity contribution < 1.29 is 17.6 Å². The molecule has 0 fully saturated rings. The van der Waals surface area contributed by atoms with Crippen LogP contribution >= 0.6 is 0 Å². The van der Waals surface area contributed by atoms with E-state index in [0.29, 0.717) is 29.5 Å². The van der Waals surface area contributed by atoms with Crippen LogP contribution in [0, 0.1) is 0 Å². The van der Waals surface area contributed by atoms with Gasteiger partial charge in [0.15, 0.2) is 0 Å². The van der Waals surface area contributed by atoms with Crippen molar-refractivity contribution in [1.29, 1.82) is 0 Å². The number of nitrogens with zero attached hydrogens (tertiary/aromatic N) is 2. The number of rotatable bonds is 8. The lowest BCUT2D eigenvalue weighted by Crippen LogP contribution is -2.27. The van der Waals surface area contributed by atoms with Gasteiger partial charge in [-0.1, -0.05) is 42.5 Å². The number of methoxy groups -OCH3 is 1. The fourth-order valence-corrected chi connectivity index (χ4v) is 3.59. The molecule has 0 aliphatic carbocycles. The van der Waals surface area contributed by atoms with Gasteiger partial charge in [0.2, 0.25) is 15.9 Å². The first-order valence-electron chi connectivity index (χ1n) is 8.04. The zero-order chi connectivity index (χ0) is 18.4. The number of hydrogen-bond donors (Lipinski definition) is 1. The highest BCUT2D eigenvalue weighted by atomic mass is 32.2. The summed E-state index contributed by atoms with van der Waals surface area (Å²) in [6.45, 7) is 0.183. The number of hydrogen-bond acceptors (Lipinski definition) is 6. The second-order valence-corrected chi connectivity index (χ2v) is 7.40. The molecule has 0 atom stereocenters. The second-order valence-electron chi connectivity index (χ2n) is 5.59. The van der Waals surface area contributed by atoms with Crippen molar-refractivity contribution in [2.75, 3.05) is 13.7 Å². The van der Waals surface area contributed by atoms with Crippen LogP contribution in [0.15, 0.2) is 59.0 Å². The molecule has 0 aliphatic rings. The zero-order valence-corrected chi connectivity index (χ0v) is 15.1. The van der Waals surface area contributed by atoms with Crippen LogP contribution in [0.25, 0.3) is 11.5 Å². The monoisotopic (exact) mass is 373 g/mol. The van der Waals surface area contributed by atoms with Crippen LogP contribution < -0.4 is 9.46 Å². The van der Waals surface area contributed by atoms with Gasteiger partial charge < -0.3 is 9.15 Å². The first kappa shape index (κ1) is 18.1. The molecular formula is C18H19N3O4S. The Kier molecular flexibility index (Phi) is 5.65. The van der Waals surface area contributed by atoms with E-state index in [0.717, 1.165) is 5.56 Å². The maximum absolute atomic E-state index is 12.1. The van der Waals surface area contributed by atoms with Crippen LogP contribution in [0.2, 0.25) is 0 Å². The average molecular weight is 373 g/mol. The van der Waals surface area contributed by atoms with Gasteiger partial charge in [-0.05, 0) is 17.7 Å². The van der Waals surface area contributed by atoms with Gasteiger partial charge in [-0.2, -0.15) is 0 Å². The Morgan fingerprint density at radius 3 is 2.54 bits per heavy atom. The number of para-hydroxylation sites is 1. The van der Waals surface area contributed by atoms with Gasteiger partial charge >= 0.3 is 0 Å². The van der Waals surface area contributed by atoms with E-state index < -0.39 is 10.0 Å². The van der Waals surface area contributed by atoms with E-state index in [1.807, 2.05) is 36.4 Å². The molecule has 1 heterocycles.